The Labute approximate surface area is 125 Å². The van der Waals surface area contributed by atoms with Crippen LogP contribution in [0, 0.1) is 0 Å². The van der Waals surface area contributed by atoms with Gasteiger partial charge in [-0.15, -0.1) is 0 Å². The Morgan fingerprint density at radius 2 is 1.70 bits per heavy atom. The SMILES string of the molecule is CCNC(=O)CNC(=O)CNC(=O)c1cccc(Br)c1. The van der Waals surface area contributed by atoms with Crippen LogP contribution in [0.5, 0.6) is 0 Å². The van der Waals surface area contributed by atoms with Gasteiger partial charge >= 0.3 is 0 Å². The number of halogens is 1. The maximum absolute atomic E-state index is 11.8. The maximum Gasteiger partial charge on any atom is 0.251 e. The first-order chi connectivity index (χ1) is 9.52. The number of amides is 3. The molecule has 0 bridgehead atoms. The predicted octanol–water partition coefficient (Wildman–Crippen LogP) is 0.431. The molecule has 0 unspecified atom stereocenters. The van der Waals surface area contributed by atoms with Crippen molar-refractivity contribution in [1.29, 1.82) is 0 Å². The molecule has 0 heterocycles. The molecule has 0 aromatic heterocycles. The van der Waals surface area contributed by atoms with E-state index in [1.807, 2.05) is 0 Å². The van der Waals surface area contributed by atoms with Gasteiger partial charge in [-0.1, -0.05) is 22.0 Å². The van der Waals surface area contributed by atoms with Gasteiger partial charge in [-0.25, -0.2) is 0 Å². The van der Waals surface area contributed by atoms with Gasteiger partial charge in [-0.2, -0.15) is 0 Å². The van der Waals surface area contributed by atoms with E-state index < -0.39 is 5.91 Å². The fourth-order valence-corrected chi connectivity index (χ4v) is 1.79. The molecule has 0 fully saturated rings. The van der Waals surface area contributed by atoms with E-state index in [0.29, 0.717) is 12.1 Å². The fourth-order valence-electron chi connectivity index (χ4n) is 1.39. The van der Waals surface area contributed by atoms with Gasteiger partial charge in [0.15, 0.2) is 0 Å². The van der Waals surface area contributed by atoms with E-state index in [0.717, 1.165) is 4.47 Å². The van der Waals surface area contributed by atoms with Crippen LogP contribution < -0.4 is 16.0 Å². The van der Waals surface area contributed by atoms with Gasteiger partial charge in [-0.3, -0.25) is 14.4 Å². The first-order valence-electron chi connectivity index (χ1n) is 6.10. The smallest absolute Gasteiger partial charge is 0.251 e. The Kier molecular flexibility index (Phi) is 6.72. The van der Waals surface area contributed by atoms with Crippen molar-refractivity contribution in [3.8, 4) is 0 Å². The third kappa shape index (κ3) is 5.83. The van der Waals surface area contributed by atoms with Crippen molar-refractivity contribution in [2.75, 3.05) is 19.6 Å². The van der Waals surface area contributed by atoms with Crippen molar-refractivity contribution >= 4 is 33.7 Å². The number of likely N-dealkylation sites (N-methyl/N-ethyl adjacent to an activating group) is 1. The summed E-state index contributed by atoms with van der Waals surface area (Å²) >= 11 is 3.26. The van der Waals surface area contributed by atoms with Gasteiger partial charge in [-0.05, 0) is 25.1 Å². The summed E-state index contributed by atoms with van der Waals surface area (Å²) in [5, 5.41) is 7.44. The van der Waals surface area contributed by atoms with Crippen molar-refractivity contribution in [3.63, 3.8) is 0 Å². The van der Waals surface area contributed by atoms with E-state index in [-0.39, 0.29) is 24.9 Å². The molecular formula is C13H16BrN3O3. The van der Waals surface area contributed by atoms with Gasteiger partial charge in [0.2, 0.25) is 11.8 Å². The molecule has 1 aromatic rings. The monoisotopic (exact) mass is 341 g/mol. The highest BCUT2D eigenvalue weighted by Gasteiger charge is 2.09. The van der Waals surface area contributed by atoms with E-state index in [2.05, 4.69) is 31.9 Å². The average Bonchev–Trinajstić information content (AvgIpc) is 2.43. The molecule has 0 saturated heterocycles. The zero-order chi connectivity index (χ0) is 15.0. The summed E-state index contributed by atoms with van der Waals surface area (Å²) in [6.07, 6.45) is 0. The average molecular weight is 342 g/mol. The van der Waals surface area contributed by atoms with Crippen LogP contribution in [0.2, 0.25) is 0 Å². The number of nitrogens with one attached hydrogen (secondary N) is 3. The summed E-state index contributed by atoms with van der Waals surface area (Å²) in [6.45, 7) is 2.02. The molecule has 0 spiro atoms. The lowest BCUT2D eigenvalue weighted by molar-refractivity contribution is -0.125. The van der Waals surface area contributed by atoms with Crippen LogP contribution in [0.25, 0.3) is 0 Å². The molecule has 7 heteroatoms. The van der Waals surface area contributed by atoms with Gasteiger partial charge < -0.3 is 16.0 Å². The number of carbonyl (C=O) groups excluding carboxylic acids is 3. The summed E-state index contributed by atoms with van der Waals surface area (Å²) in [5.74, 6) is -1.03. The van der Waals surface area contributed by atoms with E-state index >= 15 is 0 Å². The first kappa shape index (κ1) is 16.2. The molecule has 0 atom stereocenters. The molecule has 3 N–H and O–H groups in total. The van der Waals surface area contributed by atoms with Crippen molar-refractivity contribution in [3.05, 3.63) is 34.3 Å². The Bertz CT molecular complexity index is 505. The van der Waals surface area contributed by atoms with Crippen LogP contribution in [0.4, 0.5) is 0 Å². The van der Waals surface area contributed by atoms with Crippen molar-refractivity contribution in [2.24, 2.45) is 0 Å². The second kappa shape index (κ2) is 8.31. The van der Waals surface area contributed by atoms with Crippen molar-refractivity contribution in [2.45, 2.75) is 6.92 Å². The molecular weight excluding hydrogens is 326 g/mol. The first-order valence-corrected chi connectivity index (χ1v) is 6.89. The quantitative estimate of drug-likeness (QED) is 0.701. The number of carbonyl (C=O) groups is 3. The number of hydrogen-bond donors (Lipinski definition) is 3. The largest absolute Gasteiger partial charge is 0.355 e. The lowest BCUT2D eigenvalue weighted by atomic mass is 10.2. The highest BCUT2D eigenvalue weighted by molar-refractivity contribution is 9.10. The predicted molar refractivity (Wildman–Crippen MR) is 78.2 cm³/mol. The van der Waals surface area contributed by atoms with Gasteiger partial charge in [0.25, 0.3) is 5.91 Å². The summed E-state index contributed by atoms with van der Waals surface area (Å²) in [7, 11) is 0. The van der Waals surface area contributed by atoms with Crippen LogP contribution >= 0.6 is 15.9 Å². The zero-order valence-electron chi connectivity index (χ0n) is 11.0. The lowest BCUT2D eigenvalue weighted by Gasteiger charge is -2.07. The van der Waals surface area contributed by atoms with Gasteiger partial charge in [0.05, 0.1) is 13.1 Å². The normalized spacial score (nSPS) is 9.70. The van der Waals surface area contributed by atoms with Gasteiger partial charge in [0, 0.05) is 16.6 Å². The highest BCUT2D eigenvalue weighted by atomic mass is 79.9. The number of benzene rings is 1. The number of rotatable bonds is 6. The van der Waals surface area contributed by atoms with Crippen molar-refractivity contribution in [1.82, 2.24) is 16.0 Å². The lowest BCUT2D eigenvalue weighted by Crippen LogP contribution is -2.41. The summed E-state index contributed by atoms with van der Waals surface area (Å²) < 4.78 is 0.783. The molecule has 0 aliphatic carbocycles. The summed E-state index contributed by atoms with van der Waals surface area (Å²) in [4.78, 5) is 34.3. The van der Waals surface area contributed by atoms with Crippen LogP contribution in [-0.2, 0) is 9.59 Å². The van der Waals surface area contributed by atoms with Crippen LogP contribution in [0.1, 0.15) is 17.3 Å². The molecule has 1 rings (SSSR count). The summed E-state index contributed by atoms with van der Waals surface area (Å²) in [6, 6.07) is 6.83. The molecule has 3 amide bonds. The molecule has 0 radical (unpaired) electrons. The third-order valence-corrected chi connectivity index (χ3v) is 2.81. The second-order valence-corrected chi connectivity index (χ2v) is 4.84. The minimum absolute atomic E-state index is 0.0978. The van der Waals surface area contributed by atoms with Crippen molar-refractivity contribution < 1.29 is 14.4 Å². The Balaban J connectivity index is 2.34. The summed E-state index contributed by atoms with van der Waals surface area (Å²) in [5.41, 5.74) is 0.455. The molecule has 0 saturated carbocycles. The Hall–Kier alpha value is -1.89. The van der Waals surface area contributed by atoms with Crippen LogP contribution in [0.3, 0.4) is 0 Å². The minimum atomic E-state index is -0.417. The highest BCUT2D eigenvalue weighted by Crippen LogP contribution is 2.11. The molecule has 108 valence electrons. The Morgan fingerprint density at radius 1 is 1.05 bits per heavy atom. The molecule has 20 heavy (non-hydrogen) atoms. The maximum atomic E-state index is 11.8. The topological polar surface area (TPSA) is 87.3 Å². The molecule has 6 nitrogen and oxygen atoms in total. The van der Waals surface area contributed by atoms with Crippen LogP contribution in [0.15, 0.2) is 28.7 Å². The van der Waals surface area contributed by atoms with E-state index in [9.17, 15) is 14.4 Å². The number of hydrogen-bond acceptors (Lipinski definition) is 3. The fraction of sp³-hybridized carbons (Fsp3) is 0.308. The standard InChI is InChI=1S/C13H16BrN3O3/c1-2-15-11(18)7-16-12(19)8-17-13(20)9-4-3-5-10(14)6-9/h3-6H,2,7-8H2,1H3,(H,15,18)(H,16,19)(H,17,20). The van der Waals surface area contributed by atoms with E-state index in [4.69, 9.17) is 0 Å². The zero-order valence-corrected chi connectivity index (χ0v) is 12.6. The molecule has 0 aliphatic rings. The van der Waals surface area contributed by atoms with Crippen LogP contribution in [-0.4, -0.2) is 37.4 Å². The van der Waals surface area contributed by atoms with Gasteiger partial charge in [0.1, 0.15) is 0 Å². The second-order valence-electron chi connectivity index (χ2n) is 3.92. The Morgan fingerprint density at radius 3 is 2.35 bits per heavy atom. The van der Waals surface area contributed by atoms with E-state index in [1.165, 1.54) is 0 Å². The molecule has 0 aliphatic heterocycles. The third-order valence-electron chi connectivity index (χ3n) is 2.32. The van der Waals surface area contributed by atoms with E-state index in [1.54, 1.807) is 31.2 Å². The minimum Gasteiger partial charge on any atom is -0.355 e. The molecule has 1 aromatic carbocycles.